The monoisotopic (exact) mass is 455 g/mol. The highest BCUT2D eigenvalue weighted by molar-refractivity contribution is 6.33. The summed E-state index contributed by atoms with van der Waals surface area (Å²) < 4.78 is 44.6. The largest absolute Gasteiger partial charge is 0.435 e. The van der Waals surface area contributed by atoms with E-state index in [-0.39, 0.29) is 22.8 Å². The first-order valence-electron chi connectivity index (χ1n) is 9.86. The van der Waals surface area contributed by atoms with Gasteiger partial charge in [0.05, 0.1) is 12.7 Å². The smallest absolute Gasteiger partial charge is 0.306 e. The van der Waals surface area contributed by atoms with Crippen molar-refractivity contribution in [1.29, 1.82) is 0 Å². The molecule has 1 N–H and O–H groups in total. The van der Waals surface area contributed by atoms with Crippen molar-refractivity contribution < 1.29 is 18.0 Å². The number of carbonyl (C=O) groups is 1. The van der Waals surface area contributed by atoms with Gasteiger partial charge in [0.2, 0.25) is 5.91 Å². The van der Waals surface area contributed by atoms with Crippen molar-refractivity contribution in [2.45, 2.75) is 51.4 Å². The minimum absolute atomic E-state index is 0.147. The standard InChI is InChI=1S/C19H21ClF3N7O/c1-3-14(30-15-6-4-5-12(15)16(26-30)19(21,22)23)18(31)25-17-13(20)10-29(27-17)9-11-7-24-28(2)8-11/h7-8,10,14H,3-6,9H2,1-2H3,(H,25,27,31)/t14-/m0/s1. The van der Waals surface area contributed by atoms with Crippen molar-refractivity contribution in [2.75, 3.05) is 5.32 Å². The van der Waals surface area contributed by atoms with E-state index in [1.54, 1.807) is 35.7 Å². The number of nitrogens with zero attached hydrogens (tertiary/aromatic N) is 6. The molecule has 12 heteroatoms. The van der Waals surface area contributed by atoms with Crippen LogP contribution in [0.1, 0.15) is 48.3 Å². The van der Waals surface area contributed by atoms with Gasteiger partial charge in [-0.1, -0.05) is 18.5 Å². The molecule has 3 aromatic rings. The molecule has 0 saturated carbocycles. The summed E-state index contributed by atoms with van der Waals surface area (Å²) >= 11 is 6.22. The Bertz CT molecular complexity index is 1110. The van der Waals surface area contributed by atoms with Gasteiger partial charge in [-0.05, 0) is 25.7 Å². The number of halogens is 4. The summed E-state index contributed by atoms with van der Waals surface area (Å²) in [6.45, 7) is 2.13. The summed E-state index contributed by atoms with van der Waals surface area (Å²) in [5, 5.41) is 15.0. The van der Waals surface area contributed by atoms with Gasteiger partial charge in [0.25, 0.3) is 0 Å². The zero-order chi connectivity index (χ0) is 22.3. The van der Waals surface area contributed by atoms with Crippen LogP contribution in [0.4, 0.5) is 19.0 Å². The molecule has 166 valence electrons. The van der Waals surface area contributed by atoms with Crippen LogP contribution >= 0.6 is 11.6 Å². The van der Waals surface area contributed by atoms with Crippen LogP contribution < -0.4 is 5.32 Å². The van der Waals surface area contributed by atoms with E-state index in [9.17, 15) is 18.0 Å². The Morgan fingerprint density at radius 1 is 1.29 bits per heavy atom. The highest BCUT2D eigenvalue weighted by Gasteiger charge is 2.41. The Morgan fingerprint density at radius 3 is 2.71 bits per heavy atom. The summed E-state index contributed by atoms with van der Waals surface area (Å²) in [6, 6.07) is -0.900. The Balaban J connectivity index is 1.56. The van der Waals surface area contributed by atoms with Gasteiger partial charge in [-0.25, -0.2) is 0 Å². The van der Waals surface area contributed by atoms with Crippen molar-refractivity contribution in [3.05, 3.63) is 46.1 Å². The van der Waals surface area contributed by atoms with Crippen LogP contribution in [0.15, 0.2) is 18.6 Å². The van der Waals surface area contributed by atoms with E-state index in [1.165, 1.54) is 4.68 Å². The lowest BCUT2D eigenvalue weighted by molar-refractivity contribution is -0.142. The second-order valence-electron chi connectivity index (χ2n) is 7.53. The number of fused-ring (bicyclic) bond motifs is 1. The highest BCUT2D eigenvalue weighted by Crippen LogP contribution is 2.38. The molecule has 3 aromatic heterocycles. The Labute approximate surface area is 181 Å². The molecule has 0 fully saturated rings. The minimum atomic E-state index is -4.55. The predicted molar refractivity (Wildman–Crippen MR) is 107 cm³/mol. The van der Waals surface area contributed by atoms with Gasteiger partial charge in [-0.2, -0.15) is 28.5 Å². The van der Waals surface area contributed by atoms with Gasteiger partial charge in [0, 0.05) is 36.3 Å². The summed E-state index contributed by atoms with van der Waals surface area (Å²) in [5.41, 5.74) is 0.669. The minimum Gasteiger partial charge on any atom is -0.306 e. The second kappa shape index (κ2) is 8.03. The van der Waals surface area contributed by atoms with Crippen molar-refractivity contribution in [3.8, 4) is 0 Å². The Hall–Kier alpha value is -2.82. The molecule has 1 atom stereocenters. The molecule has 0 aliphatic heterocycles. The average Bonchev–Trinajstić information content (AvgIpc) is 3.43. The van der Waals surface area contributed by atoms with E-state index in [0.29, 0.717) is 31.5 Å². The van der Waals surface area contributed by atoms with Gasteiger partial charge < -0.3 is 5.32 Å². The van der Waals surface area contributed by atoms with Crippen molar-refractivity contribution in [2.24, 2.45) is 7.05 Å². The van der Waals surface area contributed by atoms with Gasteiger partial charge in [0.15, 0.2) is 11.5 Å². The zero-order valence-electron chi connectivity index (χ0n) is 16.9. The first kappa shape index (κ1) is 21.4. The molecule has 3 heterocycles. The molecule has 0 spiro atoms. The van der Waals surface area contributed by atoms with Crippen LogP contribution in [0.2, 0.25) is 5.02 Å². The zero-order valence-corrected chi connectivity index (χ0v) is 17.7. The van der Waals surface area contributed by atoms with Crippen LogP contribution in [-0.2, 0) is 37.4 Å². The maximum absolute atomic E-state index is 13.4. The lowest BCUT2D eigenvalue weighted by atomic mass is 10.1. The molecule has 1 aliphatic carbocycles. The molecule has 1 amide bonds. The van der Waals surface area contributed by atoms with Crippen LogP contribution in [0.25, 0.3) is 0 Å². The number of carbonyl (C=O) groups excluding carboxylic acids is 1. The van der Waals surface area contributed by atoms with E-state index >= 15 is 0 Å². The van der Waals surface area contributed by atoms with Crippen molar-refractivity contribution >= 4 is 23.3 Å². The number of hydrogen-bond acceptors (Lipinski definition) is 4. The maximum Gasteiger partial charge on any atom is 0.435 e. The van der Waals surface area contributed by atoms with Crippen molar-refractivity contribution in [1.82, 2.24) is 29.3 Å². The van der Waals surface area contributed by atoms with Crippen molar-refractivity contribution in [3.63, 3.8) is 0 Å². The molecule has 4 rings (SSSR count). The summed E-state index contributed by atoms with van der Waals surface area (Å²) in [6.07, 6.45) is 2.19. The fourth-order valence-corrected chi connectivity index (χ4v) is 4.12. The summed E-state index contributed by atoms with van der Waals surface area (Å²) in [7, 11) is 1.80. The number of aromatic nitrogens is 6. The van der Waals surface area contributed by atoms with Gasteiger partial charge >= 0.3 is 6.18 Å². The fourth-order valence-electron chi connectivity index (χ4n) is 3.92. The molecular formula is C19H21ClF3N7O. The molecular weight excluding hydrogens is 435 g/mol. The van der Waals surface area contributed by atoms with E-state index < -0.39 is 23.8 Å². The molecule has 0 unspecified atom stereocenters. The van der Waals surface area contributed by atoms with Gasteiger partial charge in [-0.3, -0.25) is 18.8 Å². The third-order valence-electron chi connectivity index (χ3n) is 5.27. The van der Waals surface area contributed by atoms with E-state index in [2.05, 4.69) is 20.6 Å². The molecule has 0 radical (unpaired) electrons. The second-order valence-corrected chi connectivity index (χ2v) is 7.94. The normalized spacial score (nSPS) is 14.6. The quantitative estimate of drug-likeness (QED) is 0.615. The van der Waals surface area contributed by atoms with Gasteiger partial charge in [-0.15, -0.1) is 0 Å². The third-order valence-corrected chi connectivity index (χ3v) is 5.55. The fraction of sp³-hybridized carbons (Fsp3) is 0.474. The summed E-state index contributed by atoms with van der Waals surface area (Å²) in [4.78, 5) is 13.0. The number of rotatable bonds is 6. The third kappa shape index (κ3) is 4.18. The van der Waals surface area contributed by atoms with Crippen LogP contribution in [0, 0.1) is 0 Å². The molecule has 31 heavy (non-hydrogen) atoms. The maximum atomic E-state index is 13.4. The SMILES string of the molecule is CC[C@@H](C(=O)Nc1nn(Cc2cnn(C)c2)cc1Cl)n1nc(C(F)(F)F)c2c1CCC2. The number of aryl methyl sites for hydroxylation is 1. The first-order chi connectivity index (χ1) is 14.7. The van der Waals surface area contributed by atoms with Crippen LogP contribution in [-0.4, -0.2) is 35.2 Å². The summed E-state index contributed by atoms with van der Waals surface area (Å²) in [5.74, 6) is -0.365. The van der Waals surface area contributed by atoms with Gasteiger partial charge in [0.1, 0.15) is 11.1 Å². The van der Waals surface area contributed by atoms with E-state index in [4.69, 9.17) is 11.6 Å². The number of nitrogens with one attached hydrogen (secondary N) is 1. The highest BCUT2D eigenvalue weighted by atomic mass is 35.5. The molecule has 0 bridgehead atoms. The molecule has 1 aliphatic rings. The molecule has 0 aromatic carbocycles. The van der Waals surface area contributed by atoms with Crippen LogP contribution in [0.3, 0.4) is 0 Å². The lowest BCUT2D eigenvalue weighted by Gasteiger charge is -2.17. The van der Waals surface area contributed by atoms with E-state index in [1.807, 2.05) is 6.20 Å². The number of anilines is 1. The number of amides is 1. The number of alkyl halides is 3. The topological polar surface area (TPSA) is 82.6 Å². The van der Waals surface area contributed by atoms with E-state index in [0.717, 1.165) is 5.56 Å². The molecule has 8 nitrogen and oxygen atoms in total. The first-order valence-corrected chi connectivity index (χ1v) is 10.2. The Morgan fingerprint density at radius 2 is 2.06 bits per heavy atom. The van der Waals surface area contributed by atoms with Crippen LogP contribution in [0.5, 0.6) is 0 Å². The molecule has 0 saturated heterocycles. The number of hydrogen-bond donors (Lipinski definition) is 1. The Kier molecular flexibility index (Phi) is 5.54. The predicted octanol–water partition coefficient (Wildman–Crippen LogP) is 3.61. The average molecular weight is 456 g/mol. The lowest BCUT2D eigenvalue weighted by Crippen LogP contribution is -2.28.